The summed E-state index contributed by atoms with van der Waals surface area (Å²) in [6.07, 6.45) is 0. The first-order chi connectivity index (χ1) is 12.0. The summed E-state index contributed by atoms with van der Waals surface area (Å²) >= 11 is 0. The molecule has 6 heteroatoms. The minimum absolute atomic E-state index is 0.349. The second-order valence-electron chi connectivity index (χ2n) is 5.45. The van der Waals surface area contributed by atoms with Crippen LogP contribution in [0.4, 0.5) is 0 Å². The molecule has 25 heavy (non-hydrogen) atoms. The molecule has 0 aliphatic carbocycles. The maximum Gasteiger partial charge on any atom is 0.269 e. The first kappa shape index (κ1) is 18.3. The number of amides is 2. The fourth-order valence-electron chi connectivity index (χ4n) is 2.33. The second kappa shape index (κ2) is 8.19. The molecule has 0 aromatic heterocycles. The fraction of sp³-hybridized carbons (Fsp3) is 0.263. The number of methoxy groups -OCH3 is 1. The van der Waals surface area contributed by atoms with Crippen molar-refractivity contribution in [2.24, 2.45) is 0 Å². The second-order valence-corrected chi connectivity index (χ2v) is 5.45. The maximum atomic E-state index is 12.2. The predicted octanol–water partition coefficient (Wildman–Crippen LogP) is 2.79. The summed E-state index contributed by atoms with van der Waals surface area (Å²) < 4.78 is 10.6. The van der Waals surface area contributed by atoms with Gasteiger partial charge in [-0.05, 0) is 56.2 Å². The number of aryl methyl sites for hydroxylation is 1. The summed E-state index contributed by atoms with van der Waals surface area (Å²) in [6.45, 7) is 6.15. The van der Waals surface area contributed by atoms with E-state index in [1.807, 2.05) is 26.8 Å². The van der Waals surface area contributed by atoms with E-state index in [0.717, 1.165) is 11.1 Å². The van der Waals surface area contributed by atoms with Crippen LogP contribution in [0.25, 0.3) is 0 Å². The van der Waals surface area contributed by atoms with Gasteiger partial charge in [0.25, 0.3) is 11.8 Å². The molecule has 0 saturated heterocycles. The Hall–Kier alpha value is -3.02. The zero-order valence-corrected chi connectivity index (χ0v) is 14.8. The number of ether oxygens (including phenoxy) is 2. The molecule has 2 rings (SSSR count). The number of hydrogen-bond acceptors (Lipinski definition) is 4. The molecule has 2 amide bonds. The summed E-state index contributed by atoms with van der Waals surface area (Å²) in [6, 6.07) is 10.3. The van der Waals surface area contributed by atoms with Crippen LogP contribution in [0.3, 0.4) is 0 Å². The molecular weight excluding hydrogens is 320 g/mol. The Kier molecular flexibility index (Phi) is 6.00. The predicted molar refractivity (Wildman–Crippen MR) is 95.0 cm³/mol. The number of hydrazine groups is 1. The topological polar surface area (TPSA) is 76.7 Å². The Morgan fingerprint density at radius 3 is 2.40 bits per heavy atom. The number of benzene rings is 2. The Balaban J connectivity index is 2.07. The van der Waals surface area contributed by atoms with Crippen molar-refractivity contribution in [2.75, 3.05) is 13.7 Å². The highest BCUT2D eigenvalue weighted by Gasteiger charge is 2.14. The van der Waals surface area contributed by atoms with Crippen LogP contribution in [-0.2, 0) is 0 Å². The molecule has 0 bridgehead atoms. The van der Waals surface area contributed by atoms with Gasteiger partial charge in [-0.25, -0.2) is 0 Å². The van der Waals surface area contributed by atoms with Crippen LogP contribution in [0.1, 0.15) is 38.8 Å². The molecule has 0 spiro atoms. The molecule has 0 atom stereocenters. The number of carbonyl (C=O) groups excluding carboxylic acids is 2. The molecule has 0 saturated carbocycles. The van der Waals surface area contributed by atoms with Gasteiger partial charge in [-0.3, -0.25) is 20.4 Å². The molecular formula is C19H22N2O4. The molecule has 0 radical (unpaired) electrons. The van der Waals surface area contributed by atoms with Crippen LogP contribution in [0.5, 0.6) is 11.5 Å². The third-order valence-electron chi connectivity index (χ3n) is 3.86. The maximum absolute atomic E-state index is 12.2. The highest BCUT2D eigenvalue weighted by Crippen LogP contribution is 2.27. The van der Waals surface area contributed by atoms with Gasteiger partial charge in [-0.15, -0.1) is 0 Å². The van der Waals surface area contributed by atoms with Crippen molar-refractivity contribution in [1.29, 1.82) is 0 Å². The van der Waals surface area contributed by atoms with E-state index in [2.05, 4.69) is 10.9 Å². The Morgan fingerprint density at radius 2 is 1.72 bits per heavy atom. The first-order valence-corrected chi connectivity index (χ1v) is 7.95. The van der Waals surface area contributed by atoms with Crippen molar-refractivity contribution in [2.45, 2.75) is 20.8 Å². The zero-order valence-electron chi connectivity index (χ0n) is 14.8. The van der Waals surface area contributed by atoms with Gasteiger partial charge in [-0.1, -0.05) is 12.1 Å². The van der Waals surface area contributed by atoms with E-state index in [4.69, 9.17) is 9.47 Å². The summed E-state index contributed by atoms with van der Waals surface area (Å²) in [5.41, 5.74) is 7.59. The van der Waals surface area contributed by atoms with Crippen LogP contribution >= 0.6 is 0 Å². The lowest BCUT2D eigenvalue weighted by Gasteiger charge is -2.12. The average Bonchev–Trinajstić information content (AvgIpc) is 2.62. The van der Waals surface area contributed by atoms with E-state index < -0.39 is 5.91 Å². The van der Waals surface area contributed by atoms with Crippen molar-refractivity contribution >= 4 is 11.8 Å². The molecule has 2 N–H and O–H groups in total. The normalized spacial score (nSPS) is 10.1. The average molecular weight is 342 g/mol. The monoisotopic (exact) mass is 342 g/mol. The minimum atomic E-state index is -0.444. The van der Waals surface area contributed by atoms with Crippen LogP contribution in [0.15, 0.2) is 36.4 Å². The lowest BCUT2D eigenvalue weighted by atomic mass is 10.0. The molecule has 0 fully saturated rings. The van der Waals surface area contributed by atoms with Crippen LogP contribution in [0.2, 0.25) is 0 Å². The van der Waals surface area contributed by atoms with Crippen molar-refractivity contribution in [3.63, 3.8) is 0 Å². The summed E-state index contributed by atoms with van der Waals surface area (Å²) in [7, 11) is 1.50. The third-order valence-corrected chi connectivity index (χ3v) is 3.86. The van der Waals surface area contributed by atoms with Gasteiger partial charge in [0.15, 0.2) is 11.5 Å². The van der Waals surface area contributed by atoms with E-state index in [1.54, 1.807) is 30.3 Å². The van der Waals surface area contributed by atoms with Gasteiger partial charge < -0.3 is 9.47 Å². The number of rotatable bonds is 5. The molecule has 132 valence electrons. The van der Waals surface area contributed by atoms with Crippen molar-refractivity contribution < 1.29 is 19.1 Å². The Morgan fingerprint density at radius 1 is 1.00 bits per heavy atom. The Bertz CT molecular complexity index is 787. The lowest BCUT2D eigenvalue weighted by molar-refractivity contribution is 0.0846. The summed E-state index contributed by atoms with van der Waals surface area (Å²) in [5.74, 6) is 0.198. The Labute approximate surface area is 147 Å². The van der Waals surface area contributed by atoms with Gasteiger partial charge in [0, 0.05) is 11.1 Å². The molecule has 0 heterocycles. The van der Waals surface area contributed by atoms with Gasteiger partial charge in [0.1, 0.15) is 0 Å². The van der Waals surface area contributed by atoms with Crippen molar-refractivity contribution in [3.05, 3.63) is 58.7 Å². The third kappa shape index (κ3) is 4.29. The van der Waals surface area contributed by atoms with Gasteiger partial charge >= 0.3 is 0 Å². The smallest absolute Gasteiger partial charge is 0.269 e. The van der Waals surface area contributed by atoms with Gasteiger partial charge in [-0.2, -0.15) is 0 Å². The van der Waals surface area contributed by atoms with Gasteiger partial charge in [0.2, 0.25) is 0 Å². The van der Waals surface area contributed by atoms with E-state index in [-0.39, 0.29) is 5.91 Å². The number of hydrogen-bond donors (Lipinski definition) is 2. The highest BCUT2D eigenvalue weighted by molar-refractivity contribution is 6.00. The van der Waals surface area contributed by atoms with Crippen LogP contribution < -0.4 is 20.3 Å². The molecule has 2 aromatic rings. The minimum Gasteiger partial charge on any atom is -0.493 e. The van der Waals surface area contributed by atoms with Crippen molar-refractivity contribution in [3.8, 4) is 11.5 Å². The summed E-state index contributed by atoms with van der Waals surface area (Å²) in [5, 5.41) is 0. The van der Waals surface area contributed by atoms with Crippen molar-refractivity contribution in [1.82, 2.24) is 10.9 Å². The highest BCUT2D eigenvalue weighted by atomic mass is 16.5. The quantitative estimate of drug-likeness (QED) is 0.819. The SMILES string of the molecule is CCOc1ccc(C(=O)NNC(=O)c2cccc(C)c2C)cc1OC. The van der Waals surface area contributed by atoms with Crippen LogP contribution in [-0.4, -0.2) is 25.5 Å². The number of carbonyl (C=O) groups is 2. The zero-order chi connectivity index (χ0) is 18.4. The molecule has 2 aromatic carbocycles. The molecule has 0 unspecified atom stereocenters. The molecule has 6 nitrogen and oxygen atoms in total. The fourth-order valence-corrected chi connectivity index (χ4v) is 2.33. The van der Waals surface area contributed by atoms with Crippen LogP contribution in [0, 0.1) is 13.8 Å². The van der Waals surface area contributed by atoms with E-state index >= 15 is 0 Å². The van der Waals surface area contributed by atoms with E-state index in [9.17, 15) is 9.59 Å². The number of nitrogens with one attached hydrogen (secondary N) is 2. The lowest BCUT2D eigenvalue weighted by Crippen LogP contribution is -2.41. The largest absolute Gasteiger partial charge is 0.493 e. The van der Waals surface area contributed by atoms with E-state index in [0.29, 0.717) is 29.2 Å². The standard InChI is InChI=1S/C19H22N2O4/c1-5-25-16-10-9-14(11-17(16)24-4)18(22)20-21-19(23)15-8-6-7-12(2)13(15)3/h6-11H,5H2,1-4H3,(H,20,22)(H,21,23). The summed E-state index contributed by atoms with van der Waals surface area (Å²) in [4.78, 5) is 24.5. The molecule has 0 aliphatic rings. The molecule has 0 aliphatic heterocycles. The van der Waals surface area contributed by atoms with Gasteiger partial charge in [0.05, 0.1) is 13.7 Å². The van der Waals surface area contributed by atoms with E-state index in [1.165, 1.54) is 7.11 Å². The first-order valence-electron chi connectivity index (χ1n) is 7.95.